The fourth-order valence-electron chi connectivity index (χ4n) is 1.40. The highest BCUT2D eigenvalue weighted by molar-refractivity contribution is 7.60. The van der Waals surface area contributed by atoms with Gasteiger partial charge in [-0.15, -0.1) is 0 Å². The third-order valence-corrected chi connectivity index (χ3v) is 3.80. The average molecular weight is 430 g/mol. The van der Waals surface area contributed by atoms with E-state index in [9.17, 15) is 9.13 Å². The summed E-state index contributed by atoms with van der Waals surface area (Å²) in [5, 5.41) is 0. The van der Waals surface area contributed by atoms with E-state index >= 15 is 0 Å². The summed E-state index contributed by atoms with van der Waals surface area (Å²) in [5.74, 6) is 0. The zero-order valence-corrected chi connectivity index (χ0v) is 15.6. The number of benzene rings is 2. The predicted octanol–water partition coefficient (Wildman–Crippen LogP) is 1.61. The molecule has 0 bridgehead atoms. The van der Waals surface area contributed by atoms with Gasteiger partial charge in [0.15, 0.2) is 0 Å². The van der Waals surface area contributed by atoms with Gasteiger partial charge in [0.25, 0.3) is 0 Å². The highest BCUT2D eigenvalue weighted by atomic mass is 31.3. The van der Waals surface area contributed by atoms with Crippen LogP contribution in [0.2, 0.25) is 0 Å². The number of phosphoric acid groups is 3. The summed E-state index contributed by atoms with van der Waals surface area (Å²) < 4.78 is 31.1. The van der Waals surface area contributed by atoms with Crippen molar-refractivity contribution in [3.05, 3.63) is 60.7 Å². The van der Waals surface area contributed by atoms with Gasteiger partial charge in [0.2, 0.25) is 0 Å². The molecule has 0 saturated heterocycles. The summed E-state index contributed by atoms with van der Waals surface area (Å²) in [5.41, 5.74) is 2.55. The first-order valence-corrected chi connectivity index (χ1v) is 11.0. The van der Waals surface area contributed by atoms with Crippen LogP contribution in [0.5, 0.6) is 0 Å². The minimum atomic E-state index is -5.05. The Bertz CT molecular complexity index is 713. The lowest BCUT2D eigenvalue weighted by atomic mass is 10.1. The third-order valence-electron chi connectivity index (χ3n) is 2.09. The van der Waals surface area contributed by atoms with Crippen molar-refractivity contribution in [1.82, 2.24) is 0 Å². The Hall–Kier alpha value is -1.19. The van der Waals surface area contributed by atoms with Gasteiger partial charge in [-0.25, -0.2) is 13.7 Å². The number of rotatable bonds is 3. The summed E-state index contributed by atoms with van der Waals surface area (Å²) >= 11 is 0. The second-order valence-corrected chi connectivity index (χ2v) is 7.95. The molecule has 2 aromatic rings. The summed E-state index contributed by atoms with van der Waals surface area (Å²) in [6, 6.07) is 20.8. The zero-order valence-electron chi connectivity index (χ0n) is 12.9. The smallest absolute Gasteiger partial charge is 0.303 e. The van der Waals surface area contributed by atoms with E-state index in [0.717, 1.165) is 0 Å². The normalized spacial score (nSPS) is 11.5. The van der Waals surface area contributed by atoms with Crippen LogP contribution in [0.25, 0.3) is 11.1 Å². The van der Waals surface area contributed by atoms with Crippen LogP contribution in [-0.4, -0.2) is 34.3 Å². The maximum absolute atomic E-state index is 9.63. The van der Waals surface area contributed by atoms with Gasteiger partial charge in [0.1, 0.15) is 0 Å². The molecule has 0 saturated carbocycles. The summed E-state index contributed by atoms with van der Waals surface area (Å²) in [6.45, 7) is 0. The molecule has 0 aliphatic carbocycles. The quantitative estimate of drug-likeness (QED) is 0.349. The van der Waals surface area contributed by atoms with Crippen molar-refractivity contribution in [3.8, 4) is 11.1 Å². The molecule has 0 unspecified atom stereocenters. The largest absolute Gasteiger partial charge is 0.478 e. The van der Waals surface area contributed by atoms with Crippen molar-refractivity contribution in [2.24, 2.45) is 0 Å². The van der Waals surface area contributed by atoms with E-state index < -0.39 is 23.5 Å². The van der Waals surface area contributed by atoms with Crippen molar-refractivity contribution in [1.29, 1.82) is 0 Å². The predicted molar refractivity (Wildman–Crippen MR) is 91.3 cm³/mol. The Morgan fingerprint density at radius 3 is 0.923 bits per heavy atom. The molecule has 0 aliphatic rings. The fourth-order valence-corrected chi connectivity index (χ4v) is 2.51. The standard InChI is InChI=1S/C12H10.H4O7P2.H3O4P/c1-3-7-11(8-4-1)12-9-5-2-6-10-12;1-8(2,3)7-9(4,5)6;1-5(2,3)4/h1-10H;(H2,1,2,3)(H2,4,5,6);(H3,1,2,3,4). The lowest BCUT2D eigenvalue weighted by molar-refractivity contribution is 0.225. The molecule has 14 heteroatoms. The van der Waals surface area contributed by atoms with Gasteiger partial charge in [0, 0.05) is 0 Å². The molecule has 0 aliphatic heterocycles. The summed E-state index contributed by atoms with van der Waals surface area (Å²) in [4.78, 5) is 52.6. The van der Waals surface area contributed by atoms with Gasteiger partial charge < -0.3 is 34.3 Å². The van der Waals surface area contributed by atoms with Crippen LogP contribution in [0.3, 0.4) is 0 Å². The van der Waals surface area contributed by atoms with E-state index in [-0.39, 0.29) is 0 Å². The Kier molecular flexibility index (Phi) is 10.3. The van der Waals surface area contributed by atoms with Gasteiger partial charge in [0.05, 0.1) is 0 Å². The molecule has 2 aromatic carbocycles. The lowest BCUT2D eigenvalue weighted by Gasteiger charge is -2.03. The molecule has 0 amide bonds. The van der Waals surface area contributed by atoms with E-state index in [1.165, 1.54) is 11.1 Å². The molecule has 0 spiro atoms. The minimum absolute atomic E-state index is 1.28. The molecule has 0 aromatic heterocycles. The minimum Gasteiger partial charge on any atom is -0.303 e. The molecule has 0 radical (unpaired) electrons. The van der Waals surface area contributed by atoms with Gasteiger partial charge >= 0.3 is 23.5 Å². The van der Waals surface area contributed by atoms with Crippen molar-refractivity contribution < 1.29 is 52.3 Å². The van der Waals surface area contributed by atoms with Crippen molar-refractivity contribution >= 4 is 23.5 Å². The van der Waals surface area contributed by atoms with E-state index in [1.54, 1.807) is 0 Å². The molecule has 0 heterocycles. The second-order valence-electron chi connectivity index (χ2n) is 4.31. The van der Waals surface area contributed by atoms with E-state index in [0.29, 0.717) is 0 Å². The van der Waals surface area contributed by atoms with Crippen molar-refractivity contribution in [2.75, 3.05) is 0 Å². The fraction of sp³-hybridized carbons (Fsp3) is 0. The van der Waals surface area contributed by atoms with Crippen LogP contribution < -0.4 is 0 Å². The maximum Gasteiger partial charge on any atom is 0.478 e. The van der Waals surface area contributed by atoms with Crippen LogP contribution in [0.4, 0.5) is 0 Å². The van der Waals surface area contributed by atoms with Crippen molar-refractivity contribution in [3.63, 3.8) is 0 Å². The average Bonchev–Trinajstić information content (AvgIpc) is 2.44. The first kappa shape index (κ1) is 24.8. The molecule has 26 heavy (non-hydrogen) atoms. The Labute approximate surface area is 148 Å². The monoisotopic (exact) mass is 430 g/mol. The highest BCUT2D eigenvalue weighted by Crippen LogP contribution is 2.53. The Morgan fingerprint density at radius 1 is 0.538 bits per heavy atom. The van der Waals surface area contributed by atoms with E-state index in [2.05, 4.69) is 52.8 Å². The van der Waals surface area contributed by atoms with Crippen LogP contribution in [0.15, 0.2) is 60.7 Å². The maximum atomic E-state index is 9.63. The van der Waals surface area contributed by atoms with Crippen LogP contribution >= 0.6 is 23.5 Å². The highest BCUT2D eigenvalue weighted by Gasteiger charge is 2.27. The summed E-state index contributed by atoms with van der Waals surface area (Å²) in [6.07, 6.45) is 0. The summed E-state index contributed by atoms with van der Waals surface area (Å²) in [7, 11) is -14.7. The molecule has 0 fully saturated rings. The number of hydrogen-bond donors (Lipinski definition) is 7. The van der Waals surface area contributed by atoms with E-state index in [1.807, 2.05) is 12.1 Å². The van der Waals surface area contributed by atoms with Gasteiger partial charge in [-0.2, -0.15) is 4.31 Å². The van der Waals surface area contributed by atoms with E-state index in [4.69, 9.17) is 38.8 Å². The molecular formula is C12H17O11P3. The first-order valence-electron chi connectivity index (χ1n) is 6.38. The van der Waals surface area contributed by atoms with Crippen LogP contribution in [-0.2, 0) is 18.0 Å². The van der Waals surface area contributed by atoms with Crippen LogP contribution in [0.1, 0.15) is 0 Å². The molecule has 11 nitrogen and oxygen atoms in total. The zero-order chi connectivity index (χ0) is 20.4. The van der Waals surface area contributed by atoms with Gasteiger partial charge in [-0.1, -0.05) is 60.7 Å². The molecule has 2 rings (SSSR count). The Morgan fingerprint density at radius 2 is 0.769 bits per heavy atom. The molecule has 7 N–H and O–H groups in total. The van der Waals surface area contributed by atoms with Crippen LogP contribution in [0, 0.1) is 0 Å². The molecular weight excluding hydrogens is 413 g/mol. The third kappa shape index (κ3) is 17.6. The van der Waals surface area contributed by atoms with Crippen molar-refractivity contribution in [2.45, 2.75) is 0 Å². The molecule has 0 atom stereocenters. The lowest BCUT2D eigenvalue weighted by Crippen LogP contribution is -1.84. The Balaban J connectivity index is 0.000000397. The number of hydrogen-bond acceptors (Lipinski definition) is 4. The topological polar surface area (TPSA) is 202 Å². The van der Waals surface area contributed by atoms with Gasteiger partial charge in [-0.3, -0.25) is 0 Å². The van der Waals surface area contributed by atoms with Gasteiger partial charge in [-0.05, 0) is 11.1 Å². The molecule has 146 valence electrons. The first-order chi connectivity index (χ1) is 11.7. The second kappa shape index (κ2) is 10.8. The SMILES string of the molecule is O=P(O)(O)O.O=P(O)(O)OP(=O)(O)O.c1ccc(-c2ccccc2)cc1.